The lowest BCUT2D eigenvalue weighted by atomic mass is 9.81. The van der Waals surface area contributed by atoms with Gasteiger partial charge in [0.25, 0.3) is 0 Å². The average Bonchev–Trinajstić information content (AvgIpc) is 2.71. The van der Waals surface area contributed by atoms with Gasteiger partial charge in [0.15, 0.2) is 11.5 Å². The summed E-state index contributed by atoms with van der Waals surface area (Å²) in [5.74, 6) is 3.75. The molecule has 0 aromatic heterocycles. The number of fused-ring (bicyclic) bond motifs is 3. The van der Waals surface area contributed by atoms with Crippen molar-refractivity contribution < 1.29 is 14.6 Å². The van der Waals surface area contributed by atoms with Crippen LogP contribution in [-0.4, -0.2) is 43.4 Å². The lowest BCUT2D eigenvalue weighted by molar-refractivity contribution is 0.0894. The first kappa shape index (κ1) is 24.5. The maximum atomic E-state index is 8.67. The molecule has 0 amide bonds. The molecule has 2 heterocycles. The van der Waals surface area contributed by atoms with Gasteiger partial charge in [-0.05, 0) is 66.7 Å². The number of nitrogens with two attached hydrogens (primary N) is 1. The van der Waals surface area contributed by atoms with Gasteiger partial charge < -0.3 is 20.3 Å². The first-order valence-corrected chi connectivity index (χ1v) is 11.3. The summed E-state index contributed by atoms with van der Waals surface area (Å²) in [7, 11) is 3.45. The normalized spacial score (nSPS) is 21.9. The van der Waals surface area contributed by atoms with Gasteiger partial charge in [0.2, 0.25) is 0 Å². The second kappa shape index (κ2) is 11.1. The fourth-order valence-electron chi connectivity index (χ4n) is 4.70. The van der Waals surface area contributed by atoms with Gasteiger partial charge in [0.1, 0.15) is 5.76 Å². The van der Waals surface area contributed by atoms with Gasteiger partial charge in [-0.2, -0.15) is 0 Å². The average molecular weight is 419 g/mol. The Kier molecular flexibility index (Phi) is 9.05. The number of aliphatic hydroxyl groups is 1. The maximum absolute atomic E-state index is 8.67. The Balaban J connectivity index is 0.000000343. The van der Waals surface area contributed by atoms with Gasteiger partial charge in [-0.3, -0.25) is 4.90 Å². The quantitative estimate of drug-likeness (QED) is 0.629. The number of piperidine rings is 1. The van der Waals surface area contributed by atoms with Crippen LogP contribution in [0.4, 0.5) is 0 Å². The number of hydrogen-bond donors (Lipinski definition) is 2. The van der Waals surface area contributed by atoms with Crippen LogP contribution in [0.2, 0.25) is 0 Å². The topological polar surface area (TPSA) is 68.0 Å². The highest BCUT2D eigenvalue weighted by Crippen LogP contribution is 2.43. The Hall–Kier alpha value is -1.72. The standard InChI is InChI=1S/C19H29NO2.C6H13NO/c1-13(2)9-14-5-6-17-16-11-19(22-4)18(21-3)10-15(16)7-8-20(17)12-14;1-4(2)6(7)5(3)8/h10-11,13-14,17H,5-9,12H2,1-4H3;4,6,8H,3,7H2,1-2H3. The summed E-state index contributed by atoms with van der Waals surface area (Å²) in [4.78, 5) is 2.70. The predicted octanol–water partition coefficient (Wildman–Crippen LogP) is 5.10. The third-order valence-electron chi connectivity index (χ3n) is 6.36. The van der Waals surface area contributed by atoms with Gasteiger partial charge in [-0.1, -0.05) is 34.3 Å². The predicted molar refractivity (Wildman–Crippen MR) is 124 cm³/mol. The fraction of sp³-hybridized carbons (Fsp3) is 0.680. The molecular formula is C25H42N2O3. The molecule has 5 nitrogen and oxygen atoms in total. The second-order valence-electron chi connectivity index (χ2n) is 9.50. The van der Waals surface area contributed by atoms with Crippen LogP contribution in [0.3, 0.4) is 0 Å². The molecule has 5 heteroatoms. The van der Waals surface area contributed by atoms with Gasteiger partial charge >= 0.3 is 0 Å². The molecule has 0 bridgehead atoms. The van der Waals surface area contributed by atoms with Crippen LogP contribution in [0.1, 0.15) is 64.1 Å². The summed E-state index contributed by atoms with van der Waals surface area (Å²) in [5, 5.41) is 8.67. The summed E-state index contributed by atoms with van der Waals surface area (Å²) in [6.45, 7) is 14.3. The fourth-order valence-corrected chi connectivity index (χ4v) is 4.70. The molecule has 0 radical (unpaired) electrons. The lowest BCUT2D eigenvalue weighted by Gasteiger charge is -2.44. The lowest BCUT2D eigenvalue weighted by Crippen LogP contribution is -2.42. The van der Waals surface area contributed by atoms with Crippen LogP contribution in [-0.2, 0) is 6.42 Å². The Morgan fingerprint density at radius 3 is 2.30 bits per heavy atom. The number of aliphatic hydroxyl groups excluding tert-OH is 1. The van der Waals surface area contributed by atoms with Crippen molar-refractivity contribution in [3.05, 3.63) is 35.6 Å². The zero-order valence-corrected chi connectivity index (χ0v) is 19.8. The molecule has 1 aromatic rings. The molecule has 170 valence electrons. The minimum Gasteiger partial charge on any atom is -0.511 e. The van der Waals surface area contributed by atoms with Crippen LogP contribution in [0, 0.1) is 17.8 Å². The minimum atomic E-state index is -0.269. The summed E-state index contributed by atoms with van der Waals surface area (Å²) in [5.41, 5.74) is 8.32. The van der Waals surface area contributed by atoms with Gasteiger partial charge in [0.05, 0.1) is 20.3 Å². The Bertz CT molecular complexity index is 702. The number of hydrogen-bond acceptors (Lipinski definition) is 5. The molecule has 3 rings (SSSR count). The Morgan fingerprint density at radius 2 is 1.80 bits per heavy atom. The van der Waals surface area contributed by atoms with Crippen molar-refractivity contribution in [3.8, 4) is 11.5 Å². The van der Waals surface area contributed by atoms with Crippen molar-refractivity contribution in [2.45, 2.75) is 65.5 Å². The first-order valence-electron chi connectivity index (χ1n) is 11.3. The highest BCUT2D eigenvalue weighted by atomic mass is 16.5. The molecule has 3 unspecified atom stereocenters. The molecule has 2 aliphatic heterocycles. The number of methoxy groups -OCH3 is 2. The van der Waals surface area contributed by atoms with Crippen LogP contribution in [0.5, 0.6) is 11.5 Å². The molecule has 1 saturated heterocycles. The molecule has 30 heavy (non-hydrogen) atoms. The van der Waals surface area contributed by atoms with Gasteiger partial charge in [-0.25, -0.2) is 0 Å². The van der Waals surface area contributed by atoms with E-state index in [2.05, 4.69) is 37.5 Å². The molecule has 0 aliphatic carbocycles. The maximum Gasteiger partial charge on any atom is 0.161 e. The molecule has 3 atom stereocenters. The van der Waals surface area contributed by atoms with Crippen LogP contribution in [0.15, 0.2) is 24.5 Å². The smallest absolute Gasteiger partial charge is 0.161 e. The van der Waals surface area contributed by atoms with Crippen molar-refractivity contribution >= 4 is 0 Å². The number of ether oxygens (including phenoxy) is 2. The van der Waals surface area contributed by atoms with E-state index in [0.717, 1.165) is 29.8 Å². The van der Waals surface area contributed by atoms with E-state index in [0.29, 0.717) is 6.04 Å². The highest BCUT2D eigenvalue weighted by Gasteiger charge is 2.34. The first-order chi connectivity index (χ1) is 14.2. The largest absolute Gasteiger partial charge is 0.511 e. The van der Waals surface area contributed by atoms with Crippen molar-refractivity contribution in [1.29, 1.82) is 0 Å². The Labute approximate surface area is 183 Å². The number of nitrogens with zero attached hydrogens (tertiary/aromatic N) is 1. The van der Waals surface area contributed by atoms with E-state index >= 15 is 0 Å². The number of rotatable bonds is 6. The highest BCUT2D eigenvalue weighted by molar-refractivity contribution is 5.49. The summed E-state index contributed by atoms with van der Waals surface area (Å²) in [6, 6.07) is 4.71. The molecule has 0 spiro atoms. The zero-order valence-electron chi connectivity index (χ0n) is 19.8. The molecule has 1 fully saturated rings. The van der Waals surface area contributed by atoms with Crippen LogP contribution in [0.25, 0.3) is 0 Å². The van der Waals surface area contributed by atoms with E-state index in [1.165, 1.54) is 43.5 Å². The summed E-state index contributed by atoms with van der Waals surface area (Å²) < 4.78 is 11.0. The van der Waals surface area contributed by atoms with E-state index in [9.17, 15) is 0 Å². The van der Waals surface area contributed by atoms with Gasteiger partial charge in [-0.15, -0.1) is 0 Å². The van der Waals surface area contributed by atoms with E-state index in [1.54, 1.807) is 14.2 Å². The third-order valence-corrected chi connectivity index (χ3v) is 6.36. The number of benzene rings is 1. The van der Waals surface area contributed by atoms with E-state index < -0.39 is 0 Å². The molecule has 3 N–H and O–H groups in total. The van der Waals surface area contributed by atoms with Crippen molar-refractivity contribution in [2.75, 3.05) is 27.3 Å². The van der Waals surface area contributed by atoms with Crippen LogP contribution < -0.4 is 15.2 Å². The van der Waals surface area contributed by atoms with E-state index in [4.69, 9.17) is 20.3 Å². The molecule has 2 aliphatic rings. The molecular weight excluding hydrogens is 376 g/mol. The summed E-state index contributed by atoms with van der Waals surface area (Å²) in [6.07, 6.45) is 5.12. The van der Waals surface area contributed by atoms with E-state index in [1.807, 2.05) is 13.8 Å². The van der Waals surface area contributed by atoms with Crippen molar-refractivity contribution in [3.63, 3.8) is 0 Å². The minimum absolute atomic E-state index is 0.0694. The SMILES string of the molecule is C=C(O)C(N)C(C)C.COc1cc2c(cc1OC)C1CCC(CC(C)C)CN1CC2. The van der Waals surface area contributed by atoms with Gasteiger partial charge in [0, 0.05) is 19.1 Å². The third kappa shape index (κ3) is 6.14. The Morgan fingerprint density at radius 1 is 1.17 bits per heavy atom. The van der Waals surface area contributed by atoms with Crippen LogP contribution >= 0.6 is 0 Å². The monoisotopic (exact) mass is 418 g/mol. The van der Waals surface area contributed by atoms with Crippen molar-refractivity contribution in [1.82, 2.24) is 4.90 Å². The molecule has 0 saturated carbocycles. The van der Waals surface area contributed by atoms with E-state index in [-0.39, 0.29) is 17.7 Å². The zero-order chi connectivity index (χ0) is 22.4. The second-order valence-corrected chi connectivity index (χ2v) is 9.50. The molecule has 1 aromatic carbocycles. The summed E-state index contributed by atoms with van der Waals surface area (Å²) >= 11 is 0. The van der Waals surface area contributed by atoms with Crippen molar-refractivity contribution in [2.24, 2.45) is 23.5 Å².